The summed E-state index contributed by atoms with van der Waals surface area (Å²) in [4.78, 5) is 23.9. The normalized spacial score (nSPS) is 14.6. The molecule has 0 aliphatic carbocycles. The molecule has 0 bridgehead atoms. The number of nitrogens with zero attached hydrogens (tertiary/aromatic N) is 1. The first-order chi connectivity index (χ1) is 7.56. The molecule has 1 N–H and O–H groups in total. The Labute approximate surface area is 89.1 Å². The van der Waals surface area contributed by atoms with Crippen LogP contribution in [0.15, 0.2) is 12.1 Å². The molecule has 2 rings (SSSR count). The lowest BCUT2D eigenvalue weighted by atomic mass is 10.1. The predicted octanol–water partition coefficient (Wildman–Crippen LogP) is 0.553. The zero-order valence-electron chi connectivity index (χ0n) is 8.04. The van der Waals surface area contributed by atoms with Crippen LogP contribution < -0.4 is 0 Å². The number of imide groups is 1. The summed E-state index contributed by atoms with van der Waals surface area (Å²) >= 11 is 0. The molecule has 6 heteroatoms. The highest BCUT2D eigenvalue weighted by Gasteiger charge is 2.36. The molecule has 0 fully saturated rings. The molecule has 84 valence electrons. The topological polar surface area (TPSA) is 57.6 Å². The number of β-amino-alcohol motifs (C(OH)–C–C–N with tert-alkyl or cyclic N) is 1. The monoisotopic (exact) mass is 227 g/mol. The van der Waals surface area contributed by atoms with Gasteiger partial charge in [0, 0.05) is 0 Å². The summed E-state index contributed by atoms with van der Waals surface area (Å²) in [6, 6.07) is 1.39. The lowest BCUT2D eigenvalue weighted by molar-refractivity contribution is 0.0624. The molecule has 2 amide bonds. The molecule has 0 aromatic heterocycles. The molecule has 0 saturated heterocycles. The van der Waals surface area contributed by atoms with Gasteiger partial charge < -0.3 is 5.11 Å². The van der Waals surface area contributed by atoms with Crippen molar-refractivity contribution in [2.24, 2.45) is 0 Å². The molecule has 0 saturated carbocycles. The number of rotatable bonds is 2. The smallest absolute Gasteiger partial charge is 0.261 e. The molecule has 16 heavy (non-hydrogen) atoms. The van der Waals surface area contributed by atoms with Crippen molar-refractivity contribution >= 4 is 11.8 Å². The quantitative estimate of drug-likeness (QED) is 0.751. The molecule has 0 atom stereocenters. The van der Waals surface area contributed by atoms with Gasteiger partial charge in [-0.2, -0.15) is 0 Å². The minimum Gasteiger partial charge on any atom is -0.395 e. The maximum atomic E-state index is 12.9. The summed E-state index contributed by atoms with van der Waals surface area (Å²) in [6.07, 6.45) is 0. The van der Waals surface area contributed by atoms with E-state index in [9.17, 15) is 18.4 Å². The van der Waals surface area contributed by atoms with Gasteiger partial charge >= 0.3 is 0 Å². The van der Waals surface area contributed by atoms with E-state index in [1.54, 1.807) is 0 Å². The van der Waals surface area contributed by atoms with Crippen molar-refractivity contribution < 1.29 is 23.5 Å². The Morgan fingerprint density at radius 1 is 1.06 bits per heavy atom. The van der Waals surface area contributed by atoms with Crippen molar-refractivity contribution in [3.8, 4) is 0 Å². The Hall–Kier alpha value is -1.82. The molecule has 1 aliphatic rings. The van der Waals surface area contributed by atoms with E-state index in [2.05, 4.69) is 0 Å². The maximum Gasteiger partial charge on any atom is 0.261 e. The van der Waals surface area contributed by atoms with Gasteiger partial charge in [0.2, 0.25) is 0 Å². The number of hydrogen-bond donors (Lipinski definition) is 1. The van der Waals surface area contributed by atoms with E-state index in [-0.39, 0.29) is 17.7 Å². The third-order valence-corrected chi connectivity index (χ3v) is 2.34. The highest BCUT2D eigenvalue weighted by Crippen LogP contribution is 2.24. The third kappa shape index (κ3) is 1.38. The van der Waals surface area contributed by atoms with Crippen LogP contribution in [0.3, 0.4) is 0 Å². The lowest BCUT2D eigenvalue weighted by Crippen LogP contribution is -2.32. The minimum atomic E-state index is -1.18. The van der Waals surface area contributed by atoms with Gasteiger partial charge in [0.15, 0.2) is 11.6 Å². The van der Waals surface area contributed by atoms with Crippen LogP contribution >= 0.6 is 0 Å². The number of hydrogen-bond acceptors (Lipinski definition) is 3. The number of amides is 2. The number of carbonyl (C=O) groups excluding carboxylic acids is 2. The fourth-order valence-corrected chi connectivity index (χ4v) is 1.59. The van der Waals surface area contributed by atoms with Crippen LogP contribution in [-0.2, 0) is 0 Å². The Morgan fingerprint density at radius 3 is 1.88 bits per heavy atom. The zero-order valence-corrected chi connectivity index (χ0v) is 8.04. The van der Waals surface area contributed by atoms with Crippen molar-refractivity contribution in [3.05, 3.63) is 34.9 Å². The lowest BCUT2D eigenvalue weighted by Gasteiger charge is -2.10. The van der Waals surface area contributed by atoms with Crippen molar-refractivity contribution in [2.45, 2.75) is 0 Å². The molecule has 0 radical (unpaired) electrons. The van der Waals surface area contributed by atoms with Crippen LogP contribution in [0.2, 0.25) is 0 Å². The van der Waals surface area contributed by atoms with Crippen molar-refractivity contribution in [2.75, 3.05) is 13.2 Å². The first kappa shape index (κ1) is 10.7. The van der Waals surface area contributed by atoms with Gasteiger partial charge in [0.25, 0.3) is 11.8 Å². The first-order valence-corrected chi connectivity index (χ1v) is 4.52. The molecule has 1 aromatic rings. The number of aliphatic hydroxyl groups is 1. The Balaban J connectivity index is 2.51. The van der Waals surface area contributed by atoms with Gasteiger partial charge in [-0.25, -0.2) is 8.78 Å². The third-order valence-electron chi connectivity index (χ3n) is 2.34. The summed E-state index contributed by atoms with van der Waals surface area (Å²) in [5.41, 5.74) is -0.338. The first-order valence-electron chi connectivity index (χ1n) is 4.52. The van der Waals surface area contributed by atoms with Gasteiger partial charge in [0.1, 0.15) is 0 Å². The molecule has 1 aromatic carbocycles. The second-order valence-electron chi connectivity index (χ2n) is 3.30. The molecule has 1 heterocycles. The summed E-state index contributed by atoms with van der Waals surface area (Å²) in [5.74, 6) is -3.78. The number of aliphatic hydroxyl groups excluding tert-OH is 1. The van der Waals surface area contributed by atoms with Crippen molar-refractivity contribution in [1.29, 1.82) is 0 Å². The second-order valence-corrected chi connectivity index (χ2v) is 3.30. The van der Waals surface area contributed by atoms with Gasteiger partial charge in [-0.1, -0.05) is 0 Å². The van der Waals surface area contributed by atoms with Gasteiger partial charge in [-0.3, -0.25) is 14.5 Å². The molecule has 4 nitrogen and oxygen atoms in total. The van der Waals surface area contributed by atoms with E-state index in [4.69, 9.17) is 5.11 Å². The van der Waals surface area contributed by atoms with E-state index in [0.29, 0.717) is 12.1 Å². The molecule has 0 unspecified atom stereocenters. The summed E-state index contributed by atoms with van der Waals surface area (Å²) in [5, 5.41) is 8.66. The minimum absolute atomic E-state index is 0.169. The van der Waals surface area contributed by atoms with Gasteiger partial charge in [-0.15, -0.1) is 0 Å². The molecular formula is C10H7F2NO3. The molecule has 0 spiro atoms. The van der Waals surface area contributed by atoms with E-state index in [0.717, 1.165) is 4.90 Å². The highest BCUT2D eigenvalue weighted by molar-refractivity contribution is 6.21. The van der Waals surface area contributed by atoms with E-state index in [1.807, 2.05) is 0 Å². The Kier molecular flexibility index (Phi) is 2.43. The van der Waals surface area contributed by atoms with E-state index in [1.165, 1.54) is 0 Å². The molecule has 1 aliphatic heterocycles. The van der Waals surface area contributed by atoms with Crippen LogP contribution in [0.1, 0.15) is 20.7 Å². The number of benzene rings is 1. The van der Waals surface area contributed by atoms with Crippen LogP contribution in [-0.4, -0.2) is 35.0 Å². The predicted molar refractivity (Wildman–Crippen MR) is 48.8 cm³/mol. The second kappa shape index (κ2) is 3.64. The SMILES string of the molecule is O=C1c2cc(F)c(F)cc2C(=O)N1CCO. The number of carbonyl (C=O) groups is 2. The Bertz CT molecular complexity index is 446. The average Bonchev–Trinajstić information content (AvgIpc) is 2.46. The number of halogens is 2. The zero-order chi connectivity index (χ0) is 11.9. The maximum absolute atomic E-state index is 12.9. The van der Waals surface area contributed by atoms with Gasteiger partial charge in [0.05, 0.1) is 24.3 Å². The fraction of sp³-hybridized carbons (Fsp3) is 0.200. The van der Waals surface area contributed by atoms with Crippen LogP contribution in [0.5, 0.6) is 0 Å². The summed E-state index contributed by atoms with van der Waals surface area (Å²) in [6.45, 7) is -0.577. The van der Waals surface area contributed by atoms with E-state index >= 15 is 0 Å². The van der Waals surface area contributed by atoms with Crippen LogP contribution in [0.4, 0.5) is 8.78 Å². The molecular weight excluding hydrogens is 220 g/mol. The summed E-state index contributed by atoms with van der Waals surface area (Å²) < 4.78 is 25.8. The van der Waals surface area contributed by atoms with Crippen molar-refractivity contribution in [1.82, 2.24) is 4.90 Å². The fourth-order valence-electron chi connectivity index (χ4n) is 1.59. The standard InChI is InChI=1S/C10H7F2NO3/c11-7-3-5-6(4-8(7)12)10(16)13(1-2-14)9(5)15/h3-4,14H,1-2H2. The summed E-state index contributed by atoms with van der Waals surface area (Å²) in [7, 11) is 0. The van der Waals surface area contributed by atoms with Crippen LogP contribution in [0, 0.1) is 11.6 Å². The van der Waals surface area contributed by atoms with Crippen molar-refractivity contribution in [3.63, 3.8) is 0 Å². The van der Waals surface area contributed by atoms with Gasteiger partial charge in [-0.05, 0) is 12.1 Å². The van der Waals surface area contributed by atoms with E-state index < -0.39 is 30.1 Å². The Morgan fingerprint density at radius 2 is 1.50 bits per heavy atom. The highest BCUT2D eigenvalue weighted by atomic mass is 19.2. The number of fused-ring (bicyclic) bond motifs is 1. The largest absolute Gasteiger partial charge is 0.395 e. The average molecular weight is 227 g/mol. The van der Waals surface area contributed by atoms with Crippen LogP contribution in [0.25, 0.3) is 0 Å².